The topological polar surface area (TPSA) is 24.9 Å². The predicted molar refractivity (Wildman–Crippen MR) is 225 cm³/mol. The van der Waals surface area contributed by atoms with Gasteiger partial charge >= 0.3 is 0 Å². The highest BCUT2D eigenvalue weighted by molar-refractivity contribution is 6.99. The summed E-state index contributed by atoms with van der Waals surface area (Å²) in [5.41, 5.74) is 13.3. The van der Waals surface area contributed by atoms with E-state index in [1.165, 1.54) is 11.1 Å². The lowest BCUT2D eigenvalue weighted by Gasteiger charge is -2.36. The molecule has 0 aliphatic carbocycles. The van der Waals surface area contributed by atoms with Crippen LogP contribution in [0.15, 0.2) is 170 Å². The van der Waals surface area contributed by atoms with Gasteiger partial charge in [-0.1, -0.05) is 102 Å². The summed E-state index contributed by atoms with van der Waals surface area (Å²) >= 11 is 0. The third-order valence-electron chi connectivity index (χ3n) is 10.7. The SMILES string of the molecule is Cc1ccc(N(c2ccc(C)cc2)c2ccc3c(c2)Oc2cc(C)cc4c2B3c2c(cc(N(c3ccccc3)c3ccccc3)c3ccccc23)O4)cc1. The van der Waals surface area contributed by atoms with E-state index in [2.05, 4.69) is 200 Å². The molecule has 0 fully saturated rings. The average molecular weight is 697 g/mol. The summed E-state index contributed by atoms with van der Waals surface area (Å²) in [6.07, 6.45) is 0. The summed E-state index contributed by atoms with van der Waals surface area (Å²) in [6.45, 7) is 6.26. The Kier molecular flexibility index (Phi) is 7.55. The van der Waals surface area contributed by atoms with Gasteiger partial charge in [0.25, 0.3) is 6.71 Å². The van der Waals surface area contributed by atoms with E-state index >= 15 is 0 Å². The Morgan fingerprint density at radius 3 is 1.44 bits per heavy atom. The van der Waals surface area contributed by atoms with E-state index in [1.54, 1.807) is 0 Å². The first-order valence-corrected chi connectivity index (χ1v) is 18.5. The van der Waals surface area contributed by atoms with Gasteiger partial charge in [0, 0.05) is 51.4 Å². The van der Waals surface area contributed by atoms with E-state index < -0.39 is 0 Å². The molecule has 5 heteroatoms. The molecule has 10 rings (SSSR count). The zero-order valence-electron chi connectivity index (χ0n) is 30.5. The van der Waals surface area contributed by atoms with Crippen molar-refractivity contribution in [2.24, 2.45) is 0 Å². The molecular formula is C49H37BN2O2. The Hall–Kier alpha value is -6.72. The minimum atomic E-state index is -0.0924. The van der Waals surface area contributed by atoms with Crippen LogP contribution in [0.25, 0.3) is 10.8 Å². The van der Waals surface area contributed by atoms with Crippen molar-refractivity contribution in [1.82, 2.24) is 0 Å². The van der Waals surface area contributed by atoms with Gasteiger partial charge in [0.15, 0.2) is 0 Å². The zero-order chi connectivity index (χ0) is 36.3. The number of rotatable bonds is 6. The van der Waals surface area contributed by atoms with E-state index in [9.17, 15) is 0 Å². The molecule has 0 atom stereocenters. The summed E-state index contributed by atoms with van der Waals surface area (Å²) in [5.74, 6) is 3.38. The van der Waals surface area contributed by atoms with Crippen molar-refractivity contribution < 1.29 is 9.47 Å². The fourth-order valence-corrected chi connectivity index (χ4v) is 8.20. The van der Waals surface area contributed by atoms with Gasteiger partial charge in [-0.15, -0.1) is 0 Å². The van der Waals surface area contributed by atoms with E-state index in [0.717, 1.165) is 89.8 Å². The molecule has 258 valence electrons. The van der Waals surface area contributed by atoms with Gasteiger partial charge in [-0.25, -0.2) is 0 Å². The molecule has 2 aliphatic rings. The third-order valence-corrected chi connectivity index (χ3v) is 10.7. The summed E-state index contributed by atoms with van der Waals surface area (Å²) in [7, 11) is 0. The van der Waals surface area contributed by atoms with Crippen LogP contribution in [0.1, 0.15) is 16.7 Å². The van der Waals surface area contributed by atoms with Crippen molar-refractivity contribution in [1.29, 1.82) is 0 Å². The molecule has 0 unspecified atom stereocenters. The van der Waals surface area contributed by atoms with E-state index in [0.29, 0.717) is 0 Å². The van der Waals surface area contributed by atoms with Crippen molar-refractivity contribution >= 4 is 68.0 Å². The predicted octanol–water partition coefficient (Wildman–Crippen LogP) is 11.4. The van der Waals surface area contributed by atoms with Crippen LogP contribution in [-0.2, 0) is 0 Å². The van der Waals surface area contributed by atoms with Gasteiger partial charge in [0.05, 0.1) is 5.69 Å². The standard InChI is InChI=1S/C49H37BN2O2/c1-32-18-22-37(23-19-32)51(38-24-20-33(2)21-25-38)39-26-27-42-44(30-39)53-45-28-34(3)29-46-49(45)50(42)48-41-17-11-10-16-40(41)43(31-47(48)54-46)52(35-12-6-4-7-13-35)36-14-8-5-9-15-36/h4-31H,1-3H3. The highest BCUT2D eigenvalue weighted by Gasteiger charge is 2.42. The van der Waals surface area contributed by atoms with E-state index in [1.807, 2.05) is 0 Å². The van der Waals surface area contributed by atoms with Crippen LogP contribution in [0.5, 0.6) is 23.0 Å². The Morgan fingerprint density at radius 1 is 0.370 bits per heavy atom. The van der Waals surface area contributed by atoms with Crippen molar-refractivity contribution in [2.75, 3.05) is 9.80 Å². The summed E-state index contributed by atoms with van der Waals surface area (Å²) in [5, 5.41) is 2.31. The first-order chi connectivity index (χ1) is 26.5. The molecule has 0 radical (unpaired) electrons. The molecule has 0 saturated heterocycles. The molecule has 2 heterocycles. The van der Waals surface area contributed by atoms with Gasteiger partial charge in [-0.2, -0.15) is 0 Å². The molecule has 0 bridgehead atoms. The van der Waals surface area contributed by atoms with Gasteiger partial charge in [0.1, 0.15) is 23.0 Å². The average Bonchev–Trinajstić information content (AvgIpc) is 3.20. The van der Waals surface area contributed by atoms with Crippen LogP contribution < -0.4 is 35.7 Å². The smallest absolute Gasteiger partial charge is 0.261 e. The molecule has 54 heavy (non-hydrogen) atoms. The Balaban J connectivity index is 1.19. The maximum Gasteiger partial charge on any atom is 0.261 e. The van der Waals surface area contributed by atoms with Gasteiger partial charge in [-0.3, -0.25) is 0 Å². The minimum Gasteiger partial charge on any atom is -0.458 e. The van der Waals surface area contributed by atoms with Crippen LogP contribution in [-0.4, -0.2) is 6.71 Å². The fraction of sp³-hybridized carbons (Fsp3) is 0.0612. The maximum atomic E-state index is 6.97. The fourth-order valence-electron chi connectivity index (χ4n) is 8.20. The number of para-hydroxylation sites is 2. The Morgan fingerprint density at radius 2 is 0.852 bits per heavy atom. The van der Waals surface area contributed by atoms with Gasteiger partial charge in [0.2, 0.25) is 0 Å². The van der Waals surface area contributed by atoms with Gasteiger partial charge < -0.3 is 19.3 Å². The monoisotopic (exact) mass is 696 g/mol. The van der Waals surface area contributed by atoms with Crippen LogP contribution in [0.4, 0.5) is 34.1 Å². The largest absolute Gasteiger partial charge is 0.458 e. The molecule has 8 aromatic carbocycles. The number of hydrogen-bond acceptors (Lipinski definition) is 4. The first-order valence-electron chi connectivity index (χ1n) is 18.5. The number of aryl methyl sites for hydroxylation is 3. The lowest BCUT2D eigenvalue weighted by atomic mass is 9.34. The highest BCUT2D eigenvalue weighted by atomic mass is 16.5. The minimum absolute atomic E-state index is 0.0924. The highest BCUT2D eigenvalue weighted by Crippen LogP contribution is 2.45. The third kappa shape index (κ3) is 5.31. The second kappa shape index (κ2) is 12.7. The second-order valence-corrected chi connectivity index (χ2v) is 14.4. The molecule has 4 nitrogen and oxygen atoms in total. The summed E-state index contributed by atoms with van der Waals surface area (Å²) in [4.78, 5) is 4.64. The first kappa shape index (κ1) is 32.0. The van der Waals surface area contributed by atoms with Crippen molar-refractivity contribution in [2.45, 2.75) is 20.8 Å². The van der Waals surface area contributed by atoms with Crippen molar-refractivity contribution in [3.8, 4) is 23.0 Å². The van der Waals surface area contributed by atoms with Crippen LogP contribution in [0, 0.1) is 20.8 Å². The summed E-state index contributed by atoms with van der Waals surface area (Å²) in [6, 6.07) is 60.5. The molecule has 0 N–H and O–H groups in total. The summed E-state index contributed by atoms with van der Waals surface area (Å²) < 4.78 is 13.9. The quantitative estimate of drug-likeness (QED) is 0.162. The van der Waals surface area contributed by atoms with E-state index in [4.69, 9.17) is 9.47 Å². The Bertz CT molecular complexity index is 2610. The number of hydrogen-bond donors (Lipinski definition) is 0. The van der Waals surface area contributed by atoms with E-state index in [-0.39, 0.29) is 6.71 Å². The lowest BCUT2D eigenvalue weighted by Crippen LogP contribution is -2.57. The molecular weight excluding hydrogens is 659 g/mol. The molecule has 0 amide bonds. The number of benzene rings is 8. The maximum absolute atomic E-state index is 6.97. The number of anilines is 6. The number of nitrogens with zero attached hydrogens (tertiary/aromatic N) is 2. The van der Waals surface area contributed by atoms with Crippen LogP contribution >= 0.6 is 0 Å². The second-order valence-electron chi connectivity index (χ2n) is 14.4. The Labute approximate surface area is 316 Å². The molecule has 8 aromatic rings. The van der Waals surface area contributed by atoms with Crippen LogP contribution in [0.3, 0.4) is 0 Å². The molecule has 2 aliphatic heterocycles. The van der Waals surface area contributed by atoms with Crippen molar-refractivity contribution in [3.05, 3.63) is 187 Å². The number of ether oxygens (including phenoxy) is 2. The normalized spacial score (nSPS) is 12.2. The zero-order valence-corrected chi connectivity index (χ0v) is 30.5. The molecule has 0 saturated carbocycles. The van der Waals surface area contributed by atoms with Crippen LogP contribution in [0.2, 0.25) is 0 Å². The van der Waals surface area contributed by atoms with Crippen molar-refractivity contribution in [3.63, 3.8) is 0 Å². The molecule has 0 aromatic heterocycles. The van der Waals surface area contributed by atoms with Gasteiger partial charge in [-0.05, 0) is 109 Å². The number of fused-ring (bicyclic) bond motifs is 6. The molecule has 0 spiro atoms. The lowest BCUT2D eigenvalue weighted by molar-refractivity contribution is 0.464.